The van der Waals surface area contributed by atoms with Crippen LogP contribution in [0.3, 0.4) is 0 Å². The van der Waals surface area contributed by atoms with E-state index in [2.05, 4.69) is 17.2 Å². The Morgan fingerprint density at radius 1 is 1.38 bits per heavy atom. The van der Waals surface area contributed by atoms with Crippen molar-refractivity contribution in [3.63, 3.8) is 0 Å². The van der Waals surface area contributed by atoms with Crippen molar-refractivity contribution < 1.29 is 4.42 Å². The van der Waals surface area contributed by atoms with Crippen molar-refractivity contribution in [3.05, 3.63) is 17.8 Å². The first-order chi connectivity index (χ1) is 7.90. The van der Waals surface area contributed by atoms with Crippen molar-refractivity contribution in [2.75, 3.05) is 6.54 Å². The summed E-state index contributed by atoms with van der Waals surface area (Å²) in [5, 5.41) is 3.24. The molecule has 16 heavy (non-hydrogen) atoms. The van der Waals surface area contributed by atoms with Crippen LogP contribution in [-0.2, 0) is 6.54 Å². The van der Waals surface area contributed by atoms with Gasteiger partial charge in [0.25, 0.3) is 0 Å². The molecule has 2 fully saturated rings. The van der Waals surface area contributed by atoms with E-state index in [9.17, 15) is 0 Å². The predicted molar refractivity (Wildman–Crippen MR) is 62.1 cm³/mol. The third kappa shape index (κ3) is 1.77. The van der Waals surface area contributed by atoms with Gasteiger partial charge in [-0.05, 0) is 31.2 Å². The van der Waals surface area contributed by atoms with Gasteiger partial charge in [0, 0.05) is 5.92 Å². The molecule has 88 valence electrons. The van der Waals surface area contributed by atoms with E-state index in [-0.39, 0.29) is 0 Å². The molecule has 2 atom stereocenters. The highest BCUT2D eigenvalue weighted by Gasteiger charge is 2.53. The predicted octanol–water partition coefficient (Wildman–Crippen LogP) is 2.69. The molecule has 3 heteroatoms. The molecule has 0 radical (unpaired) electrons. The third-order valence-corrected chi connectivity index (χ3v) is 4.08. The van der Waals surface area contributed by atoms with Gasteiger partial charge in [0.15, 0.2) is 0 Å². The molecule has 0 amide bonds. The summed E-state index contributed by atoms with van der Waals surface area (Å²) in [6, 6.07) is 0. The second-order valence-electron chi connectivity index (χ2n) is 5.07. The van der Waals surface area contributed by atoms with Crippen molar-refractivity contribution in [2.45, 2.75) is 45.1 Å². The smallest absolute Gasteiger partial charge is 0.208 e. The van der Waals surface area contributed by atoms with Gasteiger partial charge in [-0.15, -0.1) is 0 Å². The Kier molecular flexibility index (Phi) is 2.72. The Morgan fingerprint density at radius 2 is 2.12 bits per heavy atom. The molecule has 3 rings (SSSR count). The topological polar surface area (TPSA) is 38.1 Å². The fourth-order valence-corrected chi connectivity index (χ4v) is 3.21. The summed E-state index contributed by atoms with van der Waals surface area (Å²) in [5.41, 5.74) is 0. The van der Waals surface area contributed by atoms with Gasteiger partial charge < -0.3 is 9.73 Å². The number of oxazole rings is 1. The van der Waals surface area contributed by atoms with Crippen LogP contribution >= 0.6 is 0 Å². The number of nitrogens with one attached hydrogen (secondary N) is 1. The zero-order valence-corrected chi connectivity index (χ0v) is 9.91. The summed E-state index contributed by atoms with van der Waals surface area (Å²) in [5.74, 6) is 4.51. The number of aromatic nitrogens is 1. The Labute approximate surface area is 96.6 Å². The van der Waals surface area contributed by atoms with Crippen molar-refractivity contribution in [3.8, 4) is 0 Å². The average molecular weight is 220 g/mol. The first-order valence-electron chi connectivity index (χ1n) is 6.55. The lowest BCUT2D eigenvalue weighted by atomic mass is 10.0. The maximum absolute atomic E-state index is 5.83. The molecule has 1 heterocycles. The number of hydrogen-bond acceptors (Lipinski definition) is 3. The number of fused-ring (bicyclic) bond motifs is 1. The van der Waals surface area contributed by atoms with Gasteiger partial charge in [-0.25, -0.2) is 4.98 Å². The summed E-state index contributed by atoms with van der Waals surface area (Å²) in [6.45, 7) is 3.82. The second-order valence-corrected chi connectivity index (χ2v) is 5.07. The lowest BCUT2D eigenvalue weighted by Gasteiger charge is -2.04. The zero-order chi connectivity index (χ0) is 11.0. The highest BCUT2D eigenvalue weighted by Crippen LogP contribution is 2.61. The largest absolute Gasteiger partial charge is 0.444 e. The second kappa shape index (κ2) is 4.21. The normalized spacial score (nSPS) is 32.4. The fourth-order valence-electron chi connectivity index (χ4n) is 3.21. The minimum absolute atomic E-state index is 0.699. The molecular formula is C13H20N2O. The summed E-state index contributed by atoms with van der Waals surface area (Å²) >= 11 is 0. The van der Waals surface area contributed by atoms with Crippen molar-refractivity contribution in [2.24, 2.45) is 11.8 Å². The molecule has 1 N–H and O–H groups in total. The summed E-state index contributed by atoms with van der Waals surface area (Å²) < 4.78 is 5.83. The molecule has 0 aliphatic heterocycles. The molecule has 0 bridgehead atoms. The van der Waals surface area contributed by atoms with Crippen LogP contribution in [0.25, 0.3) is 0 Å². The molecule has 3 nitrogen and oxygen atoms in total. The quantitative estimate of drug-likeness (QED) is 0.847. The van der Waals surface area contributed by atoms with Crippen LogP contribution < -0.4 is 5.32 Å². The van der Waals surface area contributed by atoms with Gasteiger partial charge >= 0.3 is 0 Å². The molecule has 2 aliphatic rings. The maximum Gasteiger partial charge on any atom is 0.208 e. The lowest BCUT2D eigenvalue weighted by molar-refractivity contribution is 0.433. The van der Waals surface area contributed by atoms with E-state index in [0.29, 0.717) is 5.92 Å². The third-order valence-electron chi connectivity index (χ3n) is 4.08. The first-order valence-corrected chi connectivity index (χ1v) is 6.55. The van der Waals surface area contributed by atoms with Crippen LogP contribution in [0.2, 0.25) is 0 Å². The Hall–Kier alpha value is -0.830. The molecule has 2 saturated carbocycles. The molecule has 1 aromatic rings. The SMILES string of the molecule is CCNCc1ncc(C2C3CCCCC32)o1. The van der Waals surface area contributed by atoms with Gasteiger partial charge in [0.1, 0.15) is 5.76 Å². The highest BCUT2D eigenvalue weighted by atomic mass is 16.4. The number of nitrogens with zero attached hydrogens (tertiary/aromatic N) is 1. The summed E-state index contributed by atoms with van der Waals surface area (Å²) in [6.07, 6.45) is 7.58. The van der Waals surface area contributed by atoms with Crippen LogP contribution in [0.15, 0.2) is 10.6 Å². The number of rotatable bonds is 4. The van der Waals surface area contributed by atoms with E-state index in [0.717, 1.165) is 36.6 Å². The van der Waals surface area contributed by atoms with E-state index in [4.69, 9.17) is 4.42 Å². The van der Waals surface area contributed by atoms with Crippen LogP contribution in [0.5, 0.6) is 0 Å². The summed E-state index contributed by atoms with van der Waals surface area (Å²) in [7, 11) is 0. The highest BCUT2D eigenvalue weighted by molar-refractivity contribution is 5.18. The monoisotopic (exact) mass is 220 g/mol. The molecule has 0 spiro atoms. The Bertz CT molecular complexity index is 349. The van der Waals surface area contributed by atoms with Crippen LogP contribution in [-0.4, -0.2) is 11.5 Å². The Morgan fingerprint density at radius 3 is 2.81 bits per heavy atom. The van der Waals surface area contributed by atoms with Gasteiger partial charge in [0.2, 0.25) is 5.89 Å². The standard InChI is InChI=1S/C13H20N2O/c1-2-14-8-12-15-7-11(16-12)13-9-5-3-4-6-10(9)13/h7,9-10,13-14H,2-6,8H2,1H3. The molecule has 1 aromatic heterocycles. The van der Waals surface area contributed by atoms with Crippen molar-refractivity contribution in [1.29, 1.82) is 0 Å². The minimum Gasteiger partial charge on any atom is -0.444 e. The van der Waals surface area contributed by atoms with Crippen LogP contribution in [0.1, 0.15) is 50.2 Å². The van der Waals surface area contributed by atoms with Gasteiger partial charge in [-0.3, -0.25) is 0 Å². The fraction of sp³-hybridized carbons (Fsp3) is 0.769. The minimum atomic E-state index is 0.699. The summed E-state index contributed by atoms with van der Waals surface area (Å²) in [4.78, 5) is 4.34. The molecule has 0 aromatic carbocycles. The van der Waals surface area contributed by atoms with Crippen molar-refractivity contribution >= 4 is 0 Å². The van der Waals surface area contributed by atoms with Crippen LogP contribution in [0, 0.1) is 11.8 Å². The number of hydrogen-bond donors (Lipinski definition) is 1. The van der Waals surface area contributed by atoms with E-state index < -0.39 is 0 Å². The molecule has 0 saturated heterocycles. The maximum atomic E-state index is 5.83. The first kappa shape index (κ1) is 10.3. The average Bonchev–Trinajstić information content (AvgIpc) is 2.87. The van der Waals surface area contributed by atoms with E-state index in [1.807, 2.05) is 6.20 Å². The van der Waals surface area contributed by atoms with E-state index in [1.165, 1.54) is 25.7 Å². The van der Waals surface area contributed by atoms with E-state index in [1.54, 1.807) is 0 Å². The van der Waals surface area contributed by atoms with Gasteiger partial charge in [0.05, 0.1) is 12.7 Å². The van der Waals surface area contributed by atoms with E-state index >= 15 is 0 Å². The van der Waals surface area contributed by atoms with Crippen LogP contribution in [0.4, 0.5) is 0 Å². The van der Waals surface area contributed by atoms with Crippen molar-refractivity contribution in [1.82, 2.24) is 10.3 Å². The lowest BCUT2D eigenvalue weighted by Crippen LogP contribution is -2.11. The van der Waals surface area contributed by atoms with Gasteiger partial charge in [-0.1, -0.05) is 19.8 Å². The molecular weight excluding hydrogens is 200 g/mol. The zero-order valence-electron chi connectivity index (χ0n) is 9.91. The Balaban J connectivity index is 1.64. The molecule has 2 unspecified atom stereocenters. The van der Waals surface area contributed by atoms with Gasteiger partial charge in [-0.2, -0.15) is 0 Å². The molecule has 2 aliphatic carbocycles.